The molecule has 0 radical (unpaired) electrons. The lowest BCUT2D eigenvalue weighted by Gasteiger charge is -2.09. The van der Waals surface area contributed by atoms with E-state index in [9.17, 15) is 13.2 Å². The molecule has 0 atom stereocenters. The van der Waals surface area contributed by atoms with Crippen molar-refractivity contribution >= 4 is 5.78 Å². The Kier molecular flexibility index (Phi) is 3.96. The fourth-order valence-electron chi connectivity index (χ4n) is 2.54. The summed E-state index contributed by atoms with van der Waals surface area (Å²) < 4.78 is 44.5. The van der Waals surface area contributed by atoms with Gasteiger partial charge in [-0.1, -0.05) is 0 Å². The smallest absolute Gasteiger partial charge is 0.387 e. The van der Waals surface area contributed by atoms with Gasteiger partial charge in [0.15, 0.2) is 5.82 Å². The van der Waals surface area contributed by atoms with Crippen molar-refractivity contribution in [2.75, 3.05) is 0 Å². The quantitative estimate of drug-likeness (QED) is 0.558. The molecule has 0 amide bonds. The van der Waals surface area contributed by atoms with Crippen molar-refractivity contribution in [2.24, 2.45) is 0 Å². The third-order valence-electron chi connectivity index (χ3n) is 3.68. The first-order chi connectivity index (χ1) is 12.6. The minimum atomic E-state index is -2.90. The van der Waals surface area contributed by atoms with E-state index in [0.717, 1.165) is 6.20 Å². The topological polar surface area (TPSA) is 65.2 Å². The van der Waals surface area contributed by atoms with Gasteiger partial charge in [-0.15, -0.1) is 0 Å². The monoisotopic (exact) mass is 357 g/mol. The third-order valence-corrected chi connectivity index (χ3v) is 3.68. The van der Waals surface area contributed by atoms with Gasteiger partial charge >= 0.3 is 6.61 Å². The van der Waals surface area contributed by atoms with Crippen LogP contribution in [0.4, 0.5) is 13.2 Å². The molecule has 3 aromatic heterocycles. The normalized spacial score (nSPS) is 11.2. The zero-order valence-electron chi connectivity index (χ0n) is 13.1. The highest BCUT2D eigenvalue weighted by atomic mass is 19.3. The van der Waals surface area contributed by atoms with Crippen LogP contribution in [-0.4, -0.2) is 31.2 Å². The molecule has 9 heteroatoms. The summed E-state index contributed by atoms with van der Waals surface area (Å²) in [6.45, 7) is -2.90. The van der Waals surface area contributed by atoms with E-state index in [1.807, 2.05) is 0 Å². The molecule has 6 nitrogen and oxygen atoms in total. The van der Waals surface area contributed by atoms with Crippen molar-refractivity contribution in [3.05, 3.63) is 60.9 Å². The molecule has 0 fully saturated rings. The van der Waals surface area contributed by atoms with Crippen molar-refractivity contribution in [2.45, 2.75) is 6.61 Å². The second kappa shape index (κ2) is 6.43. The van der Waals surface area contributed by atoms with E-state index in [0.29, 0.717) is 17.0 Å². The number of rotatable bonds is 4. The Bertz CT molecular complexity index is 1070. The van der Waals surface area contributed by atoms with Crippen molar-refractivity contribution in [1.29, 1.82) is 0 Å². The van der Waals surface area contributed by atoms with E-state index < -0.39 is 12.4 Å². The molecule has 0 aliphatic heterocycles. The molecule has 0 saturated heterocycles. The van der Waals surface area contributed by atoms with E-state index in [-0.39, 0.29) is 17.1 Å². The molecule has 0 N–H and O–H groups in total. The lowest BCUT2D eigenvalue weighted by molar-refractivity contribution is -0.0498. The van der Waals surface area contributed by atoms with Gasteiger partial charge in [0.05, 0.1) is 17.6 Å². The van der Waals surface area contributed by atoms with E-state index in [2.05, 4.69) is 24.8 Å². The molecule has 0 saturated carbocycles. The second-order valence-electron chi connectivity index (χ2n) is 5.26. The molecule has 0 aliphatic carbocycles. The molecule has 4 rings (SSSR count). The summed E-state index contributed by atoms with van der Waals surface area (Å²) in [6, 6.07) is 9.14. The van der Waals surface area contributed by atoms with Gasteiger partial charge < -0.3 is 4.74 Å². The van der Waals surface area contributed by atoms with Gasteiger partial charge in [-0.2, -0.15) is 23.4 Å². The molecule has 0 spiro atoms. The molecule has 0 bridgehead atoms. The first kappa shape index (κ1) is 16.0. The molecule has 26 heavy (non-hydrogen) atoms. The number of pyridine rings is 1. The summed E-state index contributed by atoms with van der Waals surface area (Å²) in [7, 11) is 0. The zero-order chi connectivity index (χ0) is 18.1. The Balaban J connectivity index is 1.83. The summed E-state index contributed by atoms with van der Waals surface area (Å²) in [6.07, 6.45) is 3.89. The van der Waals surface area contributed by atoms with E-state index >= 15 is 0 Å². The highest BCUT2D eigenvalue weighted by molar-refractivity contribution is 5.70. The van der Waals surface area contributed by atoms with Crippen LogP contribution in [0.2, 0.25) is 0 Å². The number of fused-ring (bicyclic) bond motifs is 1. The SMILES string of the molecule is Fc1cnccc1-c1cc(-c2ccc(OC(F)F)cc2)nc2ncnn12. The maximum atomic E-state index is 14.2. The Hall–Kier alpha value is -3.49. The van der Waals surface area contributed by atoms with Crippen LogP contribution in [0.3, 0.4) is 0 Å². The Labute approximate surface area is 144 Å². The van der Waals surface area contributed by atoms with Crippen molar-refractivity contribution in [3.63, 3.8) is 0 Å². The van der Waals surface area contributed by atoms with Crippen molar-refractivity contribution in [1.82, 2.24) is 24.6 Å². The summed E-state index contributed by atoms with van der Waals surface area (Å²) in [5.41, 5.74) is 1.85. The maximum Gasteiger partial charge on any atom is 0.387 e. The van der Waals surface area contributed by atoms with Gasteiger partial charge in [0.2, 0.25) is 0 Å². The first-order valence-electron chi connectivity index (χ1n) is 7.48. The zero-order valence-corrected chi connectivity index (χ0v) is 13.1. The Morgan fingerprint density at radius 2 is 1.88 bits per heavy atom. The predicted octanol–water partition coefficient (Wildman–Crippen LogP) is 3.59. The summed E-state index contributed by atoms with van der Waals surface area (Å²) in [4.78, 5) is 12.2. The van der Waals surface area contributed by atoms with Crippen LogP contribution < -0.4 is 4.74 Å². The fraction of sp³-hybridized carbons (Fsp3) is 0.0588. The molecular formula is C17H10F3N5O. The molecule has 1 aromatic carbocycles. The van der Waals surface area contributed by atoms with Crippen molar-refractivity contribution in [3.8, 4) is 28.3 Å². The minimum absolute atomic E-state index is 0.0349. The lowest BCUT2D eigenvalue weighted by Crippen LogP contribution is -2.02. The predicted molar refractivity (Wildman–Crippen MR) is 86.0 cm³/mol. The van der Waals surface area contributed by atoms with Gasteiger partial charge in [0, 0.05) is 17.3 Å². The Morgan fingerprint density at radius 3 is 2.62 bits per heavy atom. The Morgan fingerprint density at radius 1 is 1.08 bits per heavy atom. The first-order valence-corrected chi connectivity index (χ1v) is 7.48. The minimum Gasteiger partial charge on any atom is -0.435 e. The lowest BCUT2D eigenvalue weighted by atomic mass is 10.1. The van der Waals surface area contributed by atoms with Gasteiger partial charge in [-0.3, -0.25) is 4.98 Å². The van der Waals surface area contributed by atoms with Gasteiger partial charge in [0.1, 0.15) is 12.1 Å². The summed E-state index contributed by atoms with van der Waals surface area (Å²) >= 11 is 0. The molecular weight excluding hydrogens is 347 g/mol. The number of hydrogen-bond acceptors (Lipinski definition) is 5. The number of alkyl halides is 2. The number of nitrogens with zero attached hydrogens (tertiary/aromatic N) is 5. The number of ether oxygens (including phenoxy) is 1. The van der Waals surface area contributed by atoms with Crippen LogP contribution in [0.1, 0.15) is 0 Å². The molecule has 3 heterocycles. The van der Waals surface area contributed by atoms with E-state index in [4.69, 9.17) is 0 Å². The molecule has 0 aliphatic rings. The van der Waals surface area contributed by atoms with Crippen molar-refractivity contribution < 1.29 is 17.9 Å². The number of halogens is 3. The van der Waals surface area contributed by atoms with Gasteiger partial charge in [0.25, 0.3) is 5.78 Å². The molecule has 0 unspecified atom stereocenters. The highest BCUT2D eigenvalue weighted by Gasteiger charge is 2.14. The molecule has 130 valence electrons. The van der Waals surface area contributed by atoms with Crippen LogP contribution >= 0.6 is 0 Å². The summed E-state index contributed by atoms with van der Waals surface area (Å²) in [5, 5.41) is 4.07. The standard InChI is InChI=1S/C17H10F3N5O/c18-13-8-21-6-5-12(13)15-7-14(24-17-22-9-23-25(15)17)10-1-3-11(4-2-10)26-16(19)20/h1-9,16H. The molecule has 4 aromatic rings. The fourth-order valence-corrected chi connectivity index (χ4v) is 2.54. The van der Waals surface area contributed by atoms with Crippen LogP contribution in [0.25, 0.3) is 28.3 Å². The average Bonchev–Trinajstić information content (AvgIpc) is 3.10. The number of aromatic nitrogens is 5. The average molecular weight is 357 g/mol. The number of hydrogen-bond donors (Lipinski definition) is 0. The number of benzene rings is 1. The van der Waals surface area contributed by atoms with Crippen LogP contribution in [0.5, 0.6) is 5.75 Å². The van der Waals surface area contributed by atoms with Gasteiger partial charge in [-0.05, 0) is 36.4 Å². The van der Waals surface area contributed by atoms with Crippen LogP contribution in [0, 0.1) is 5.82 Å². The van der Waals surface area contributed by atoms with Crippen LogP contribution in [-0.2, 0) is 0 Å². The van der Waals surface area contributed by atoms with Gasteiger partial charge in [-0.25, -0.2) is 9.37 Å². The van der Waals surface area contributed by atoms with Crippen LogP contribution in [0.15, 0.2) is 55.1 Å². The van der Waals surface area contributed by atoms with E-state index in [1.165, 1.54) is 35.2 Å². The largest absolute Gasteiger partial charge is 0.435 e. The third kappa shape index (κ3) is 2.94. The highest BCUT2D eigenvalue weighted by Crippen LogP contribution is 2.28. The summed E-state index contributed by atoms with van der Waals surface area (Å²) in [5.74, 6) is -0.198. The maximum absolute atomic E-state index is 14.2. The van der Waals surface area contributed by atoms with E-state index in [1.54, 1.807) is 18.2 Å². The second-order valence-corrected chi connectivity index (χ2v) is 5.26.